The molecule has 0 aliphatic carbocycles. The van der Waals surface area contributed by atoms with Crippen LogP contribution in [0.1, 0.15) is 25.8 Å². The molecule has 1 amide bonds. The van der Waals surface area contributed by atoms with E-state index in [1.807, 2.05) is 43.3 Å². The number of aryl methyl sites for hydroxylation is 1. The Hall–Kier alpha value is -2.05. The van der Waals surface area contributed by atoms with Crippen molar-refractivity contribution in [3.8, 4) is 5.75 Å². The number of nitrogens with one attached hydrogen (secondary N) is 1. The lowest BCUT2D eigenvalue weighted by molar-refractivity contribution is -0.119. The molecule has 0 aliphatic rings. The summed E-state index contributed by atoms with van der Waals surface area (Å²) in [5.74, 6) is 1.29. The topological polar surface area (TPSA) is 51.2 Å². The van der Waals surface area contributed by atoms with Crippen LogP contribution in [0.2, 0.25) is 0 Å². The van der Waals surface area contributed by atoms with Crippen LogP contribution in [0.4, 0.5) is 0 Å². The van der Waals surface area contributed by atoms with Gasteiger partial charge in [-0.05, 0) is 50.5 Å². The van der Waals surface area contributed by atoms with Gasteiger partial charge in [-0.1, -0.05) is 42.1 Å². The van der Waals surface area contributed by atoms with Gasteiger partial charge in [0, 0.05) is 6.04 Å². The first-order chi connectivity index (χ1) is 13.1. The molecule has 2 aromatic carbocycles. The third-order valence-electron chi connectivity index (χ3n) is 4.09. The van der Waals surface area contributed by atoms with Crippen LogP contribution < -0.4 is 10.1 Å². The highest BCUT2D eigenvalue weighted by molar-refractivity contribution is 8.01. The number of thiazole rings is 1. The van der Waals surface area contributed by atoms with E-state index in [0.717, 1.165) is 33.1 Å². The van der Waals surface area contributed by atoms with E-state index in [4.69, 9.17) is 4.74 Å². The first-order valence-electron chi connectivity index (χ1n) is 9.13. The van der Waals surface area contributed by atoms with Crippen LogP contribution in [0.5, 0.6) is 5.75 Å². The van der Waals surface area contributed by atoms with Crippen molar-refractivity contribution >= 4 is 39.2 Å². The molecule has 27 heavy (non-hydrogen) atoms. The molecule has 1 atom stereocenters. The normalized spacial score (nSPS) is 12.1. The van der Waals surface area contributed by atoms with Crippen LogP contribution in [0, 0.1) is 0 Å². The summed E-state index contributed by atoms with van der Waals surface area (Å²) in [4.78, 5) is 16.8. The number of hydrogen-bond acceptors (Lipinski definition) is 5. The Balaban J connectivity index is 1.46. The second-order valence-corrected chi connectivity index (χ2v) is 8.58. The number of ether oxygens (including phenoxy) is 1. The van der Waals surface area contributed by atoms with E-state index in [2.05, 4.69) is 29.4 Å². The van der Waals surface area contributed by atoms with E-state index < -0.39 is 0 Å². The van der Waals surface area contributed by atoms with Crippen molar-refractivity contribution in [3.05, 3.63) is 54.1 Å². The number of fused-ring (bicyclic) bond motifs is 1. The third-order valence-corrected chi connectivity index (χ3v) is 6.26. The van der Waals surface area contributed by atoms with Crippen LogP contribution in [-0.4, -0.2) is 29.3 Å². The fourth-order valence-electron chi connectivity index (χ4n) is 2.75. The zero-order chi connectivity index (χ0) is 19.1. The highest BCUT2D eigenvalue weighted by atomic mass is 32.2. The quantitative estimate of drug-likeness (QED) is 0.518. The summed E-state index contributed by atoms with van der Waals surface area (Å²) in [5.41, 5.74) is 2.25. The summed E-state index contributed by atoms with van der Waals surface area (Å²) < 4.78 is 7.52. The molecule has 0 radical (unpaired) electrons. The number of rotatable bonds is 9. The summed E-state index contributed by atoms with van der Waals surface area (Å²) in [6.45, 7) is 4.67. The maximum Gasteiger partial charge on any atom is 0.230 e. The lowest BCUT2D eigenvalue weighted by atomic mass is 10.1. The molecule has 0 bridgehead atoms. The van der Waals surface area contributed by atoms with Gasteiger partial charge in [-0.15, -0.1) is 11.3 Å². The Morgan fingerprint density at radius 3 is 2.85 bits per heavy atom. The Morgan fingerprint density at radius 2 is 2.07 bits per heavy atom. The second kappa shape index (κ2) is 9.76. The monoisotopic (exact) mass is 400 g/mol. The van der Waals surface area contributed by atoms with Crippen LogP contribution in [0.25, 0.3) is 10.2 Å². The molecule has 0 spiro atoms. The molecule has 6 heteroatoms. The average molecular weight is 401 g/mol. The van der Waals surface area contributed by atoms with Crippen molar-refractivity contribution in [2.45, 2.75) is 37.1 Å². The van der Waals surface area contributed by atoms with Gasteiger partial charge in [-0.3, -0.25) is 4.79 Å². The summed E-state index contributed by atoms with van der Waals surface area (Å²) in [6.07, 6.45) is 1.90. The fraction of sp³-hybridized carbons (Fsp3) is 0.333. The van der Waals surface area contributed by atoms with Crippen molar-refractivity contribution in [1.82, 2.24) is 10.3 Å². The number of benzene rings is 2. The molecule has 1 N–H and O–H groups in total. The molecule has 142 valence electrons. The van der Waals surface area contributed by atoms with E-state index in [0.29, 0.717) is 12.4 Å². The molecule has 4 nitrogen and oxygen atoms in total. The number of amides is 1. The largest absolute Gasteiger partial charge is 0.494 e. The van der Waals surface area contributed by atoms with Gasteiger partial charge in [0.05, 0.1) is 22.6 Å². The van der Waals surface area contributed by atoms with Crippen LogP contribution in [0.3, 0.4) is 0 Å². The van der Waals surface area contributed by atoms with Crippen LogP contribution in [-0.2, 0) is 11.2 Å². The predicted molar refractivity (Wildman–Crippen MR) is 114 cm³/mol. The maximum atomic E-state index is 12.2. The Morgan fingerprint density at radius 1 is 1.26 bits per heavy atom. The summed E-state index contributed by atoms with van der Waals surface area (Å²) in [6, 6.07) is 16.4. The van der Waals surface area contributed by atoms with Gasteiger partial charge in [0.1, 0.15) is 5.75 Å². The lowest BCUT2D eigenvalue weighted by Gasteiger charge is -2.13. The number of nitrogens with zero attached hydrogens (tertiary/aromatic N) is 1. The first kappa shape index (κ1) is 19.7. The van der Waals surface area contributed by atoms with Crippen molar-refractivity contribution in [3.63, 3.8) is 0 Å². The predicted octanol–water partition coefficient (Wildman–Crippen LogP) is 4.92. The molecule has 3 aromatic rings. The number of thioether (sulfide) groups is 1. The number of hydrogen-bond donors (Lipinski definition) is 1. The highest BCUT2D eigenvalue weighted by Gasteiger charge is 2.11. The summed E-state index contributed by atoms with van der Waals surface area (Å²) >= 11 is 3.08. The molecule has 3 rings (SSSR count). The van der Waals surface area contributed by atoms with Crippen LogP contribution in [0.15, 0.2) is 52.9 Å². The van der Waals surface area contributed by atoms with Gasteiger partial charge in [0.25, 0.3) is 0 Å². The smallest absolute Gasteiger partial charge is 0.230 e. The molecule has 0 fully saturated rings. The fourth-order valence-corrected chi connectivity index (χ4v) is 4.65. The number of carbonyl (C=O) groups excluding carboxylic acids is 1. The van der Waals surface area contributed by atoms with Gasteiger partial charge in [0.2, 0.25) is 5.91 Å². The minimum absolute atomic E-state index is 0.0508. The summed E-state index contributed by atoms with van der Waals surface area (Å²) in [7, 11) is 0. The van der Waals surface area contributed by atoms with Gasteiger partial charge in [-0.25, -0.2) is 4.98 Å². The average Bonchev–Trinajstić information content (AvgIpc) is 3.08. The Labute approximate surface area is 168 Å². The number of carbonyl (C=O) groups is 1. The molecular weight excluding hydrogens is 376 g/mol. The zero-order valence-electron chi connectivity index (χ0n) is 15.6. The van der Waals surface area contributed by atoms with E-state index in [9.17, 15) is 4.79 Å². The second-order valence-electron chi connectivity index (χ2n) is 6.32. The minimum Gasteiger partial charge on any atom is -0.494 e. The minimum atomic E-state index is 0.0508. The van der Waals surface area contributed by atoms with E-state index >= 15 is 0 Å². The molecule has 1 heterocycles. The van der Waals surface area contributed by atoms with Crippen molar-refractivity contribution < 1.29 is 9.53 Å². The molecule has 1 aromatic heterocycles. The van der Waals surface area contributed by atoms with Gasteiger partial charge >= 0.3 is 0 Å². The van der Waals surface area contributed by atoms with Crippen molar-refractivity contribution in [1.29, 1.82) is 0 Å². The first-order valence-corrected chi connectivity index (χ1v) is 10.9. The van der Waals surface area contributed by atoms with Crippen LogP contribution >= 0.6 is 23.1 Å². The van der Waals surface area contributed by atoms with E-state index in [1.165, 1.54) is 17.3 Å². The van der Waals surface area contributed by atoms with Gasteiger partial charge in [0.15, 0.2) is 4.34 Å². The standard InChI is InChI=1S/C21H24N2O2S2/c1-3-25-17-11-12-18-19(13-17)27-21(23-18)26-14-20(24)22-15(2)9-10-16-7-5-4-6-8-16/h4-8,11-13,15H,3,9-10,14H2,1-2H3,(H,22,24)/t15-/m0/s1. The van der Waals surface area contributed by atoms with E-state index in [1.54, 1.807) is 11.3 Å². The number of aromatic nitrogens is 1. The SMILES string of the molecule is CCOc1ccc2nc(SCC(=O)N[C@@H](C)CCc3ccccc3)sc2c1. The molecule has 0 unspecified atom stereocenters. The molecular formula is C21H24N2O2S2. The molecule has 0 aliphatic heterocycles. The highest BCUT2D eigenvalue weighted by Crippen LogP contribution is 2.31. The van der Waals surface area contributed by atoms with Gasteiger partial charge in [-0.2, -0.15) is 0 Å². The van der Waals surface area contributed by atoms with Crippen molar-refractivity contribution in [2.75, 3.05) is 12.4 Å². The van der Waals surface area contributed by atoms with Gasteiger partial charge < -0.3 is 10.1 Å². The lowest BCUT2D eigenvalue weighted by Crippen LogP contribution is -2.34. The van der Waals surface area contributed by atoms with E-state index in [-0.39, 0.29) is 11.9 Å². The molecule has 0 saturated heterocycles. The Kier molecular flexibility index (Phi) is 7.12. The third kappa shape index (κ3) is 5.97. The van der Waals surface area contributed by atoms with Crippen molar-refractivity contribution in [2.24, 2.45) is 0 Å². The zero-order valence-corrected chi connectivity index (χ0v) is 17.2. The molecule has 0 saturated carbocycles. The Bertz CT molecular complexity index is 880. The maximum absolute atomic E-state index is 12.2. The summed E-state index contributed by atoms with van der Waals surface area (Å²) in [5, 5.41) is 3.08.